The zero-order chi connectivity index (χ0) is 10.8. The Morgan fingerprint density at radius 2 is 2.07 bits per heavy atom. The van der Waals surface area contributed by atoms with E-state index in [-0.39, 0.29) is 5.54 Å². The van der Waals surface area contributed by atoms with Gasteiger partial charge in [-0.05, 0) is 38.1 Å². The molecule has 0 radical (unpaired) electrons. The number of hydrogen-bond acceptors (Lipinski definition) is 2. The summed E-state index contributed by atoms with van der Waals surface area (Å²) in [6.07, 6.45) is 3.74. The second-order valence-corrected chi connectivity index (χ2v) is 5.99. The first kappa shape index (κ1) is 12.0. The molecule has 0 aromatic heterocycles. The fourth-order valence-electron chi connectivity index (χ4n) is 2.30. The molecule has 1 heterocycles. The Labute approximate surface area is 88.8 Å². The second kappa shape index (κ2) is 4.19. The number of nitrogens with two attached hydrogens (primary N) is 1. The van der Waals surface area contributed by atoms with Crippen LogP contribution < -0.4 is 5.73 Å². The molecule has 0 saturated carbocycles. The lowest BCUT2D eigenvalue weighted by molar-refractivity contribution is 0.0965. The van der Waals surface area contributed by atoms with E-state index in [1.807, 2.05) is 0 Å². The Hall–Kier alpha value is -0.0800. The zero-order valence-corrected chi connectivity index (χ0v) is 10.3. The second-order valence-electron chi connectivity index (χ2n) is 5.99. The molecule has 0 aromatic rings. The fraction of sp³-hybridized carbons (Fsp3) is 1.00. The predicted octanol–water partition coefficient (Wildman–Crippen LogP) is 2.24. The Bertz CT molecular complexity index is 185. The van der Waals surface area contributed by atoms with Crippen LogP contribution in [0.2, 0.25) is 0 Å². The molecule has 0 spiro atoms. The normalized spacial score (nSPS) is 27.2. The van der Waals surface area contributed by atoms with Crippen LogP contribution in [0.5, 0.6) is 0 Å². The lowest BCUT2D eigenvalue weighted by Gasteiger charge is -2.41. The van der Waals surface area contributed by atoms with Crippen LogP contribution in [0.15, 0.2) is 0 Å². The molecule has 1 aliphatic heterocycles. The van der Waals surface area contributed by atoms with Gasteiger partial charge in [-0.1, -0.05) is 20.8 Å². The fourth-order valence-corrected chi connectivity index (χ4v) is 2.30. The Kier molecular flexibility index (Phi) is 3.59. The van der Waals surface area contributed by atoms with Gasteiger partial charge in [0.2, 0.25) is 0 Å². The molecule has 1 fully saturated rings. The van der Waals surface area contributed by atoms with Crippen LogP contribution in [-0.4, -0.2) is 30.1 Å². The Balaban J connectivity index is 2.46. The van der Waals surface area contributed by atoms with Crippen molar-refractivity contribution in [2.24, 2.45) is 11.1 Å². The summed E-state index contributed by atoms with van der Waals surface area (Å²) in [6.45, 7) is 12.5. The lowest BCUT2D eigenvalue weighted by Crippen LogP contribution is -2.51. The molecule has 1 unspecified atom stereocenters. The summed E-state index contributed by atoms with van der Waals surface area (Å²) in [6, 6.07) is 0. The minimum Gasteiger partial charge on any atom is -0.324 e. The minimum atomic E-state index is -0.00653. The molecule has 0 aromatic carbocycles. The van der Waals surface area contributed by atoms with E-state index in [2.05, 4.69) is 32.6 Å². The molecule has 2 heteroatoms. The summed E-state index contributed by atoms with van der Waals surface area (Å²) in [4.78, 5) is 2.53. The maximum Gasteiger partial charge on any atom is 0.0252 e. The summed E-state index contributed by atoms with van der Waals surface area (Å²) >= 11 is 0. The van der Waals surface area contributed by atoms with E-state index >= 15 is 0 Å². The van der Waals surface area contributed by atoms with Gasteiger partial charge in [0.15, 0.2) is 0 Å². The number of nitrogens with zero attached hydrogens (tertiary/aromatic N) is 1. The Morgan fingerprint density at radius 3 is 2.57 bits per heavy atom. The van der Waals surface area contributed by atoms with E-state index in [4.69, 9.17) is 5.73 Å². The van der Waals surface area contributed by atoms with Crippen molar-refractivity contribution < 1.29 is 0 Å². The average Bonchev–Trinajstić information content (AvgIpc) is 2.01. The van der Waals surface area contributed by atoms with Crippen molar-refractivity contribution in [2.75, 3.05) is 19.6 Å². The first-order valence-corrected chi connectivity index (χ1v) is 5.86. The molecule has 1 aliphatic rings. The summed E-state index contributed by atoms with van der Waals surface area (Å²) in [5, 5.41) is 0. The third-order valence-corrected chi connectivity index (χ3v) is 3.37. The van der Waals surface area contributed by atoms with Gasteiger partial charge in [0.1, 0.15) is 0 Å². The summed E-state index contributed by atoms with van der Waals surface area (Å²) in [5.74, 6) is 0. The topological polar surface area (TPSA) is 29.3 Å². The van der Waals surface area contributed by atoms with E-state index in [0.29, 0.717) is 5.41 Å². The minimum absolute atomic E-state index is 0.00653. The van der Waals surface area contributed by atoms with Gasteiger partial charge in [-0.15, -0.1) is 0 Å². The highest BCUT2D eigenvalue weighted by molar-refractivity contribution is 4.86. The van der Waals surface area contributed by atoms with Crippen LogP contribution in [0.4, 0.5) is 0 Å². The van der Waals surface area contributed by atoms with E-state index in [0.717, 1.165) is 13.0 Å². The quantitative estimate of drug-likeness (QED) is 0.753. The number of rotatable bonds is 3. The summed E-state index contributed by atoms with van der Waals surface area (Å²) in [7, 11) is 0. The molecule has 84 valence electrons. The molecular weight excluding hydrogens is 172 g/mol. The van der Waals surface area contributed by atoms with Crippen LogP contribution in [0, 0.1) is 5.41 Å². The van der Waals surface area contributed by atoms with Crippen LogP contribution in [0.25, 0.3) is 0 Å². The highest BCUT2D eigenvalue weighted by Gasteiger charge is 2.29. The van der Waals surface area contributed by atoms with Crippen molar-refractivity contribution in [1.29, 1.82) is 0 Å². The Morgan fingerprint density at radius 1 is 1.43 bits per heavy atom. The van der Waals surface area contributed by atoms with Crippen LogP contribution >= 0.6 is 0 Å². The smallest absolute Gasteiger partial charge is 0.0252 e. The van der Waals surface area contributed by atoms with Crippen molar-refractivity contribution in [3.05, 3.63) is 0 Å². The third kappa shape index (κ3) is 3.58. The largest absolute Gasteiger partial charge is 0.324 e. The van der Waals surface area contributed by atoms with Crippen molar-refractivity contribution in [3.63, 3.8) is 0 Å². The van der Waals surface area contributed by atoms with Crippen molar-refractivity contribution in [1.82, 2.24) is 4.90 Å². The van der Waals surface area contributed by atoms with Gasteiger partial charge in [-0.3, -0.25) is 0 Å². The van der Waals surface area contributed by atoms with Gasteiger partial charge in [0.05, 0.1) is 0 Å². The first-order chi connectivity index (χ1) is 6.35. The van der Waals surface area contributed by atoms with E-state index in [1.54, 1.807) is 0 Å². The highest BCUT2D eigenvalue weighted by atomic mass is 15.2. The van der Waals surface area contributed by atoms with Crippen LogP contribution in [0.3, 0.4) is 0 Å². The summed E-state index contributed by atoms with van der Waals surface area (Å²) < 4.78 is 0. The van der Waals surface area contributed by atoms with E-state index in [1.165, 1.54) is 25.9 Å². The van der Waals surface area contributed by atoms with Crippen molar-refractivity contribution in [3.8, 4) is 0 Å². The van der Waals surface area contributed by atoms with Crippen LogP contribution in [-0.2, 0) is 0 Å². The molecule has 2 nitrogen and oxygen atoms in total. The van der Waals surface area contributed by atoms with Gasteiger partial charge in [-0.2, -0.15) is 0 Å². The first-order valence-electron chi connectivity index (χ1n) is 5.86. The predicted molar refractivity (Wildman–Crippen MR) is 62.3 cm³/mol. The number of hydrogen-bond donors (Lipinski definition) is 1. The molecule has 0 aliphatic carbocycles. The third-order valence-electron chi connectivity index (χ3n) is 3.37. The monoisotopic (exact) mass is 198 g/mol. The molecule has 0 amide bonds. The van der Waals surface area contributed by atoms with Crippen LogP contribution in [0.1, 0.15) is 47.0 Å². The number of piperidine rings is 1. The SMILES string of the molecule is CCC(C)(N)CN1CCCC(C)(C)C1. The average molecular weight is 198 g/mol. The van der Waals surface area contributed by atoms with Gasteiger partial charge in [-0.25, -0.2) is 0 Å². The van der Waals surface area contributed by atoms with E-state index < -0.39 is 0 Å². The molecule has 2 N–H and O–H groups in total. The molecule has 0 bridgehead atoms. The molecule has 1 saturated heterocycles. The standard InChI is InChI=1S/C12H26N2/c1-5-12(4,13)10-14-8-6-7-11(2,3)9-14/h5-10,13H2,1-4H3. The van der Waals surface area contributed by atoms with Gasteiger partial charge >= 0.3 is 0 Å². The van der Waals surface area contributed by atoms with Gasteiger partial charge < -0.3 is 10.6 Å². The zero-order valence-electron chi connectivity index (χ0n) is 10.3. The number of likely N-dealkylation sites (tertiary alicyclic amines) is 1. The highest BCUT2D eigenvalue weighted by Crippen LogP contribution is 2.29. The van der Waals surface area contributed by atoms with Gasteiger partial charge in [0, 0.05) is 18.6 Å². The van der Waals surface area contributed by atoms with Crippen molar-refractivity contribution in [2.45, 2.75) is 52.5 Å². The van der Waals surface area contributed by atoms with E-state index in [9.17, 15) is 0 Å². The maximum atomic E-state index is 6.19. The maximum absolute atomic E-state index is 6.19. The summed E-state index contributed by atoms with van der Waals surface area (Å²) in [5.41, 5.74) is 6.68. The molecule has 1 atom stereocenters. The molecular formula is C12H26N2. The van der Waals surface area contributed by atoms with Crippen molar-refractivity contribution >= 4 is 0 Å². The molecule has 1 rings (SSSR count). The lowest BCUT2D eigenvalue weighted by atomic mass is 9.83. The molecule has 14 heavy (non-hydrogen) atoms. The van der Waals surface area contributed by atoms with Gasteiger partial charge in [0.25, 0.3) is 0 Å².